The van der Waals surface area contributed by atoms with Crippen molar-refractivity contribution in [3.05, 3.63) is 54.6 Å². The Balaban J connectivity index is 2.71. The molecule has 0 bridgehead atoms. The molecule has 2 heteroatoms. The fourth-order valence-corrected chi connectivity index (χ4v) is 1.62. The van der Waals surface area contributed by atoms with E-state index in [-0.39, 0.29) is 0 Å². The molecular formula is C13H11NO. The van der Waals surface area contributed by atoms with E-state index in [0.29, 0.717) is 5.57 Å². The second-order valence-corrected chi connectivity index (χ2v) is 3.37. The third-order valence-electron chi connectivity index (χ3n) is 2.41. The normalized spacial score (nSPS) is 10.1. The van der Waals surface area contributed by atoms with Crippen LogP contribution in [0.5, 0.6) is 0 Å². The van der Waals surface area contributed by atoms with Crippen LogP contribution in [0.4, 0.5) is 0 Å². The summed E-state index contributed by atoms with van der Waals surface area (Å²) in [5.74, 6) is -0.480. The molecule has 0 heterocycles. The first kappa shape index (κ1) is 9.46. The molecule has 0 saturated heterocycles. The molecule has 0 aliphatic rings. The molecule has 2 aromatic carbocycles. The van der Waals surface area contributed by atoms with Gasteiger partial charge in [0.25, 0.3) is 0 Å². The highest BCUT2D eigenvalue weighted by molar-refractivity contribution is 6.21. The zero-order chi connectivity index (χ0) is 10.8. The van der Waals surface area contributed by atoms with Crippen molar-refractivity contribution in [2.75, 3.05) is 0 Å². The van der Waals surface area contributed by atoms with Crippen molar-refractivity contribution in [3.8, 4) is 0 Å². The third-order valence-corrected chi connectivity index (χ3v) is 2.41. The first-order valence-corrected chi connectivity index (χ1v) is 4.67. The van der Waals surface area contributed by atoms with Gasteiger partial charge >= 0.3 is 0 Å². The van der Waals surface area contributed by atoms with E-state index in [2.05, 4.69) is 6.58 Å². The highest BCUT2D eigenvalue weighted by Gasteiger charge is 2.07. The summed E-state index contributed by atoms with van der Waals surface area (Å²) in [4.78, 5) is 11.1. The van der Waals surface area contributed by atoms with Gasteiger partial charge in [0.2, 0.25) is 5.91 Å². The molecule has 0 atom stereocenters. The molecule has 74 valence electrons. The number of rotatable bonds is 2. The zero-order valence-electron chi connectivity index (χ0n) is 8.23. The second kappa shape index (κ2) is 3.58. The number of benzene rings is 2. The average Bonchev–Trinajstić information content (AvgIpc) is 2.27. The van der Waals surface area contributed by atoms with E-state index < -0.39 is 5.91 Å². The number of hydrogen-bond donors (Lipinski definition) is 1. The van der Waals surface area contributed by atoms with E-state index >= 15 is 0 Å². The Bertz CT molecular complexity index is 538. The Kier molecular flexibility index (Phi) is 2.26. The number of carbonyl (C=O) groups excluding carboxylic acids is 1. The first-order chi connectivity index (χ1) is 7.20. The molecular weight excluding hydrogens is 186 g/mol. The Morgan fingerprint density at radius 2 is 1.73 bits per heavy atom. The Morgan fingerprint density at radius 1 is 1.07 bits per heavy atom. The number of amides is 1. The van der Waals surface area contributed by atoms with Crippen LogP contribution in [-0.4, -0.2) is 5.91 Å². The maximum atomic E-state index is 11.1. The van der Waals surface area contributed by atoms with Gasteiger partial charge in [-0.25, -0.2) is 0 Å². The minimum Gasteiger partial charge on any atom is -0.366 e. The molecule has 0 fully saturated rings. The van der Waals surface area contributed by atoms with Crippen LogP contribution in [-0.2, 0) is 4.79 Å². The molecule has 2 nitrogen and oxygen atoms in total. The maximum Gasteiger partial charge on any atom is 0.248 e. The van der Waals surface area contributed by atoms with Crippen molar-refractivity contribution in [1.82, 2.24) is 0 Å². The molecule has 0 saturated carbocycles. The van der Waals surface area contributed by atoms with Gasteiger partial charge in [0.1, 0.15) is 0 Å². The van der Waals surface area contributed by atoms with Gasteiger partial charge in [0.05, 0.1) is 0 Å². The number of nitrogens with two attached hydrogens (primary N) is 1. The summed E-state index contributed by atoms with van der Waals surface area (Å²) in [6, 6.07) is 13.6. The Labute approximate surface area is 88.0 Å². The molecule has 15 heavy (non-hydrogen) atoms. The molecule has 0 aliphatic heterocycles. The van der Waals surface area contributed by atoms with Crippen LogP contribution in [0.2, 0.25) is 0 Å². The number of hydrogen-bond acceptors (Lipinski definition) is 1. The fourth-order valence-electron chi connectivity index (χ4n) is 1.62. The molecule has 0 spiro atoms. The van der Waals surface area contributed by atoms with Gasteiger partial charge in [0, 0.05) is 5.57 Å². The molecule has 0 aliphatic carbocycles. The third kappa shape index (κ3) is 1.62. The number of carbonyl (C=O) groups is 1. The number of fused-ring (bicyclic) bond motifs is 1. The van der Waals surface area contributed by atoms with Gasteiger partial charge < -0.3 is 5.73 Å². The van der Waals surface area contributed by atoms with Crippen LogP contribution in [0, 0.1) is 0 Å². The minimum atomic E-state index is -0.480. The first-order valence-electron chi connectivity index (χ1n) is 4.67. The lowest BCUT2D eigenvalue weighted by Crippen LogP contribution is -2.12. The molecule has 2 N–H and O–H groups in total. The van der Waals surface area contributed by atoms with E-state index in [0.717, 1.165) is 16.3 Å². The largest absolute Gasteiger partial charge is 0.366 e. The van der Waals surface area contributed by atoms with Gasteiger partial charge in [-0.3, -0.25) is 4.79 Å². The summed E-state index contributed by atoms with van der Waals surface area (Å²) in [7, 11) is 0. The molecule has 0 aromatic heterocycles. The quantitative estimate of drug-likeness (QED) is 0.738. The lowest BCUT2D eigenvalue weighted by molar-refractivity contribution is -0.112. The standard InChI is InChI=1S/C13H11NO/c1-9(13(14)15)11-8-4-6-10-5-2-3-7-12(10)11/h2-8H,1H2,(H2,14,15). The van der Waals surface area contributed by atoms with Gasteiger partial charge in [0.15, 0.2) is 0 Å². The van der Waals surface area contributed by atoms with Crippen molar-refractivity contribution < 1.29 is 4.79 Å². The van der Waals surface area contributed by atoms with Crippen molar-refractivity contribution in [3.63, 3.8) is 0 Å². The van der Waals surface area contributed by atoms with Crippen LogP contribution in [0.15, 0.2) is 49.0 Å². The summed E-state index contributed by atoms with van der Waals surface area (Å²) in [6.45, 7) is 3.70. The van der Waals surface area contributed by atoms with Gasteiger partial charge in [-0.05, 0) is 16.3 Å². The summed E-state index contributed by atoms with van der Waals surface area (Å²) in [5, 5.41) is 2.08. The van der Waals surface area contributed by atoms with Crippen LogP contribution in [0.3, 0.4) is 0 Å². The lowest BCUT2D eigenvalue weighted by atomic mass is 9.99. The van der Waals surface area contributed by atoms with Crippen LogP contribution < -0.4 is 5.73 Å². The molecule has 0 unspecified atom stereocenters. The summed E-state index contributed by atoms with van der Waals surface area (Å²) in [5.41, 5.74) is 6.38. The van der Waals surface area contributed by atoms with Crippen molar-refractivity contribution in [2.24, 2.45) is 5.73 Å². The topological polar surface area (TPSA) is 43.1 Å². The Hall–Kier alpha value is -2.09. The van der Waals surface area contributed by atoms with Crippen LogP contribution in [0.1, 0.15) is 5.56 Å². The van der Waals surface area contributed by atoms with Crippen molar-refractivity contribution >= 4 is 22.3 Å². The van der Waals surface area contributed by atoms with E-state index in [1.807, 2.05) is 42.5 Å². The second-order valence-electron chi connectivity index (χ2n) is 3.37. The molecule has 2 aromatic rings. The zero-order valence-corrected chi connectivity index (χ0v) is 8.23. The van der Waals surface area contributed by atoms with Crippen molar-refractivity contribution in [1.29, 1.82) is 0 Å². The lowest BCUT2D eigenvalue weighted by Gasteiger charge is -2.06. The van der Waals surface area contributed by atoms with E-state index in [1.54, 1.807) is 0 Å². The van der Waals surface area contributed by atoms with Crippen LogP contribution in [0.25, 0.3) is 16.3 Å². The fraction of sp³-hybridized carbons (Fsp3) is 0. The van der Waals surface area contributed by atoms with E-state index in [9.17, 15) is 4.79 Å². The summed E-state index contributed by atoms with van der Waals surface area (Å²) >= 11 is 0. The molecule has 2 rings (SSSR count). The van der Waals surface area contributed by atoms with E-state index in [4.69, 9.17) is 5.73 Å². The predicted octanol–water partition coefficient (Wildman–Crippen LogP) is 2.34. The minimum absolute atomic E-state index is 0.354. The van der Waals surface area contributed by atoms with Gasteiger partial charge in [-0.1, -0.05) is 49.0 Å². The van der Waals surface area contributed by atoms with Gasteiger partial charge in [-0.15, -0.1) is 0 Å². The highest BCUT2D eigenvalue weighted by atomic mass is 16.1. The van der Waals surface area contributed by atoms with Crippen LogP contribution >= 0.6 is 0 Å². The van der Waals surface area contributed by atoms with Gasteiger partial charge in [-0.2, -0.15) is 0 Å². The molecule has 1 amide bonds. The summed E-state index contributed by atoms with van der Waals surface area (Å²) < 4.78 is 0. The summed E-state index contributed by atoms with van der Waals surface area (Å²) in [6.07, 6.45) is 0. The smallest absolute Gasteiger partial charge is 0.248 e. The molecule has 0 radical (unpaired) electrons. The number of primary amides is 1. The van der Waals surface area contributed by atoms with Crippen molar-refractivity contribution in [2.45, 2.75) is 0 Å². The Morgan fingerprint density at radius 3 is 2.47 bits per heavy atom. The average molecular weight is 197 g/mol. The maximum absolute atomic E-state index is 11.1. The SMILES string of the molecule is C=C(C(N)=O)c1cccc2ccccc12. The predicted molar refractivity (Wildman–Crippen MR) is 62.2 cm³/mol. The highest BCUT2D eigenvalue weighted by Crippen LogP contribution is 2.23. The monoisotopic (exact) mass is 197 g/mol. The van der Waals surface area contributed by atoms with E-state index in [1.165, 1.54) is 0 Å².